The molecule has 3 heterocycles. The zero-order valence-electron chi connectivity index (χ0n) is 30.2. The summed E-state index contributed by atoms with van der Waals surface area (Å²) >= 11 is 1.74. The lowest BCUT2D eigenvalue weighted by Gasteiger charge is -2.21. The summed E-state index contributed by atoms with van der Waals surface area (Å²) in [5, 5.41) is 18.3. The van der Waals surface area contributed by atoms with E-state index in [1.807, 2.05) is 0 Å². The maximum Gasteiger partial charge on any atom is 0.202 e. The van der Waals surface area contributed by atoms with Crippen molar-refractivity contribution >= 4 is 31.6 Å². The number of rotatable bonds is 6. The molecule has 1 saturated heterocycles. The van der Waals surface area contributed by atoms with Gasteiger partial charge < -0.3 is 38.3 Å². The van der Waals surface area contributed by atoms with Gasteiger partial charge in [0.1, 0.15) is 58.2 Å². The number of aryl methyl sites for hydroxylation is 2. The molecule has 0 amide bonds. The topological polar surface area (TPSA) is 192 Å². The fourth-order valence-electron chi connectivity index (χ4n) is 4.62. The van der Waals surface area contributed by atoms with E-state index < -0.39 is 20.2 Å². The lowest BCUT2D eigenvalue weighted by molar-refractivity contribution is 0.0441. The van der Waals surface area contributed by atoms with Crippen LogP contribution in [-0.4, -0.2) is 62.6 Å². The number of allylic oxidation sites excluding steroid dienone is 2. The summed E-state index contributed by atoms with van der Waals surface area (Å²) in [6.07, 6.45) is 1.98. The van der Waals surface area contributed by atoms with Crippen LogP contribution in [0.25, 0.3) is 0 Å². The fourth-order valence-corrected chi connectivity index (χ4v) is 6.50. The van der Waals surface area contributed by atoms with Crippen molar-refractivity contribution in [2.24, 2.45) is 0 Å². The molecule has 0 spiro atoms. The van der Waals surface area contributed by atoms with E-state index in [-0.39, 0.29) is 32.8 Å². The predicted octanol–water partition coefficient (Wildman–Crippen LogP) is 7.96. The van der Waals surface area contributed by atoms with Crippen molar-refractivity contribution in [1.29, 1.82) is 0 Å². The molecule has 2 atom stereocenters. The fraction of sp³-hybridized carbons (Fsp3) is 0.444. The Morgan fingerprint density at radius 2 is 0.941 bits per heavy atom. The first kappa shape index (κ1) is 43.4. The molecule has 2 aliphatic heterocycles. The van der Waals surface area contributed by atoms with Gasteiger partial charge in [0.05, 0.1) is 9.79 Å². The smallest absolute Gasteiger partial charge is 0.202 e. The summed E-state index contributed by atoms with van der Waals surface area (Å²) in [6.45, 7) is 17.5. The summed E-state index contributed by atoms with van der Waals surface area (Å²) < 4.78 is 84.9. The maximum atomic E-state index is 10.6. The van der Waals surface area contributed by atoms with E-state index in [1.165, 1.54) is 47.9 Å². The van der Waals surface area contributed by atoms with Crippen molar-refractivity contribution in [3.8, 4) is 11.5 Å². The summed E-state index contributed by atoms with van der Waals surface area (Å²) in [5.41, 5.74) is 2.11. The van der Waals surface area contributed by atoms with Crippen molar-refractivity contribution in [2.45, 2.75) is 89.9 Å². The van der Waals surface area contributed by atoms with E-state index in [1.54, 1.807) is 35.6 Å². The van der Waals surface area contributed by atoms with Gasteiger partial charge in [-0.3, -0.25) is 0 Å². The van der Waals surface area contributed by atoms with Crippen molar-refractivity contribution < 1.29 is 55.1 Å². The van der Waals surface area contributed by atoms with E-state index in [2.05, 4.69) is 41.5 Å². The molecule has 2 aliphatic rings. The zero-order chi connectivity index (χ0) is 38.5. The van der Waals surface area contributed by atoms with Gasteiger partial charge in [0.2, 0.25) is 11.5 Å². The van der Waals surface area contributed by atoms with E-state index in [4.69, 9.17) is 29.2 Å². The second kappa shape index (κ2) is 19.7. The lowest BCUT2D eigenvalue weighted by atomic mass is 9.99. The highest BCUT2D eigenvalue weighted by Crippen LogP contribution is 2.42. The molecule has 2 aromatic carbocycles. The van der Waals surface area contributed by atoms with Crippen LogP contribution in [0.2, 0.25) is 0 Å². The second-order valence-corrected chi connectivity index (χ2v) is 15.9. The molecular formula is C36H48O12S3-2. The number of hydrogen-bond donors (Lipinski definition) is 2. The molecule has 2 unspecified atom stereocenters. The Morgan fingerprint density at radius 1 is 0.647 bits per heavy atom. The Hall–Kier alpha value is -3.76. The summed E-state index contributed by atoms with van der Waals surface area (Å²) in [5.74, 6) is 3.16. The average molecular weight is 769 g/mol. The molecule has 1 fully saturated rings. The van der Waals surface area contributed by atoms with Crippen LogP contribution in [0.3, 0.4) is 0 Å². The van der Waals surface area contributed by atoms with Crippen LogP contribution in [-0.2, 0) is 29.7 Å². The minimum absolute atomic E-state index is 0.0121. The maximum absolute atomic E-state index is 10.6. The van der Waals surface area contributed by atoms with Gasteiger partial charge in [-0.05, 0) is 87.8 Å². The predicted molar refractivity (Wildman–Crippen MR) is 194 cm³/mol. The van der Waals surface area contributed by atoms with Gasteiger partial charge in [-0.1, -0.05) is 52.0 Å². The minimum atomic E-state index is -4.30. The summed E-state index contributed by atoms with van der Waals surface area (Å²) in [4.78, 5) is 2.11. The molecule has 15 heteroatoms. The Balaban J connectivity index is 0.000000237. The van der Waals surface area contributed by atoms with Gasteiger partial charge in [-0.25, -0.2) is 16.8 Å². The van der Waals surface area contributed by atoms with Gasteiger partial charge in [-0.2, -0.15) is 0 Å². The lowest BCUT2D eigenvalue weighted by Crippen LogP contribution is -2.16. The number of aliphatic hydroxyl groups is 2. The summed E-state index contributed by atoms with van der Waals surface area (Å²) in [6, 6.07) is 12.2. The molecule has 0 radical (unpaired) electrons. The van der Waals surface area contributed by atoms with Crippen LogP contribution in [0, 0.1) is 13.8 Å². The quantitative estimate of drug-likeness (QED) is 0.182. The van der Waals surface area contributed by atoms with Crippen LogP contribution >= 0.6 is 11.3 Å². The molecule has 5 rings (SSSR count). The third-order valence-corrected chi connectivity index (χ3v) is 10.6. The Morgan fingerprint density at radius 3 is 1.20 bits per heavy atom. The van der Waals surface area contributed by atoms with Gasteiger partial charge in [0, 0.05) is 9.75 Å². The molecular weight excluding hydrogens is 721 g/mol. The molecule has 0 saturated carbocycles. The van der Waals surface area contributed by atoms with Crippen LogP contribution in [0.4, 0.5) is 0 Å². The number of fused-ring (bicyclic) bond motifs is 1. The Kier molecular flexibility index (Phi) is 16.8. The zero-order valence-corrected chi connectivity index (χ0v) is 32.7. The largest absolute Gasteiger partial charge is 0.744 e. The van der Waals surface area contributed by atoms with Crippen molar-refractivity contribution in [2.75, 3.05) is 26.4 Å². The number of hydrogen-bond acceptors (Lipinski definition) is 13. The van der Waals surface area contributed by atoms with Crippen LogP contribution in [0.1, 0.15) is 87.1 Å². The highest BCUT2D eigenvalue weighted by atomic mass is 32.2. The average Bonchev–Trinajstić information content (AvgIpc) is 3.40. The number of aliphatic hydroxyl groups excluding tert-OH is 2. The van der Waals surface area contributed by atoms with E-state index in [0.29, 0.717) is 38.3 Å². The minimum Gasteiger partial charge on any atom is -0.744 e. The standard InChI is InChI=1S/2C10H14O3S.C8H12O4.C8H10O2S/c2*1-3-8(2)9-4-6-10(7-5-9)14(11,12)13;1-5(9)7-8(6(2)10)12-4-3-11-7;1-5-7-8(6(2)11-5)10-4-3-9-7/h2*4-8H,3H2,1-2H3,(H,11,12,13);9-10H,3-4H2,1-2H3;3-4H2,1-2H3/p-2/b;;7-5+,8-6+;. The molecule has 0 bridgehead atoms. The van der Waals surface area contributed by atoms with Crippen molar-refractivity contribution in [1.82, 2.24) is 0 Å². The molecule has 3 aromatic rings. The highest BCUT2D eigenvalue weighted by Gasteiger charge is 2.20. The van der Waals surface area contributed by atoms with E-state index in [0.717, 1.165) is 35.5 Å². The van der Waals surface area contributed by atoms with E-state index in [9.17, 15) is 25.9 Å². The monoisotopic (exact) mass is 768 g/mol. The number of benzene rings is 2. The second-order valence-electron chi connectivity index (χ2n) is 11.8. The third kappa shape index (κ3) is 13.4. The first-order valence-electron chi connectivity index (χ1n) is 16.3. The normalized spacial score (nSPS) is 16.9. The van der Waals surface area contributed by atoms with Crippen molar-refractivity contribution in [3.63, 3.8) is 0 Å². The number of thiophene rings is 1. The molecule has 0 aliphatic carbocycles. The Bertz CT molecular complexity index is 1700. The van der Waals surface area contributed by atoms with Crippen LogP contribution < -0.4 is 9.47 Å². The molecule has 1 aromatic heterocycles. The Labute approximate surface area is 305 Å². The third-order valence-electron chi connectivity index (χ3n) is 7.87. The first-order valence-corrected chi connectivity index (χ1v) is 20.0. The number of ether oxygens (including phenoxy) is 4. The molecule has 12 nitrogen and oxygen atoms in total. The van der Waals surface area contributed by atoms with Gasteiger partial charge in [0.25, 0.3) is 0 Å². The van der Waals surface area contributed by atoms with Crippen LogP contribution in [0.5, 0.6) is 11.5 Å². The van der Waals surface area contributed by atoms with Crippen molar-refractivity contribution in [3.05, 3.63) is 92.4 Å². The van der Waals surface area contributed by atoms with Gasteiger partial charge in [-0.15, -0.1) is 11.3 Å². The van der Waals surface area contributed by atoms with Crippen LogP contribution in [0.15, 0.2) is 81.4 Å². The molecule has 284 valence electrons. The highest BCUT2D eigenvalue weighted by molar-refractivity contribution is 7.86. The summed E-state index contributed by atoms with van der Waals surface area (Å²) in [7, 11) is -8.60. The molecule has 2 N–H and O–H groups in total. The SMILES string of the molecule is C/C(O)=C1\OCCO\C1=C(/C)O.CCC(C)c1ccc(S(=O)(=O)[O-])cc1.CCC(C)c1ccc(S(=O)(=O)[O-])cc1.Cc1sc(C)c2c1OCCO2. The molecule has 51 heavy (non-hydrogen) atoms. The first-order chi connectivity index (χ1) is 23.8. The van der Waals surface area contributed by atoms with Gasteiger partial charge in [0.15, 0.2) is 11.5 Å². The van der Waals surface area contributed by atoms with E-state index >= 15 is 0 Å². The van der Waals surface area contributed by atoms with Gasteiger partial charge >= 0.3 is 0 Å².